The van der Waals surface area contributed by atoms with Crippen molar-refractivity contribution in [1.29, 1.82) is 0 Å². The number of nitrogens with one attached hydrogen (secondary N) is 2. The molecule has 1 amide bonds. The van der Waals surface area contributed by atoms with Gasteiger partial charge in [0.25, 0.3) is 10.0 Å². The van der Waals surface area contributed by atoms with E-state index >= 15 is 0 Å². The van der Waals surface area contributed by atoms with Crippen LogP contribution in [0, 0.1) is 13.8 Å². The lowest BCUT2D eigenvalue weighted by Gasteiger charge is -2.10. The largest absolute Gasteiger partial charge is 0.497 e. The van der Waals surface area contributed by atoms with E-state index in [0.717, 1.165) is 22.4 Å². The molecule has 0 spiro atoms. The van der Waals surface area contributed by atoms with Gasteiger partial charge in [-0.05, 0) is 85.1 Å². The fraction of sp³-hybridized carbons (Fsp3) is 0.125. The van der Waals surface area contributed by atoms with Crippen LogP contribution < -0.4 is 14.8 Å². The van der Waals surface area contributed by atoms with Gasteiger partial charge in [0.1, 0.15) is 5.75 Å². The first-order valence-electron chi connectivity index (χ1n) is 9.60. The molecule has 160 valence electrons. The summed E-state index contributed by atoms with van der Waals surface area (Å²) >= 11 is 0. The molecule has 0 aliphatic heterocycles. The van der Waals surface area contributed by atoms with Crippen molar-refractivity contribution in [2.45, 2.75) is 18.7 Å². The van der Waals surface area contributed by atoms with E-state index in [1.807, 2.05) is 44.2 Å². The first-order chi connectivity index (χ1) is 14.8. The van der Waals surface area contributed by atoms with E-state index in [4.69, 9.17) is 4.74 Å². The first kappa shape index (κ1) is 22.1. The van der Waals surface area contributed by atoms with Gasteiger partial charge >= 0.3 is 0 Å². The molecule has 3 rings (SSSR count). The zero-order chi connectivity index (χ0) is 22.4. The molecular formula is C24H24N2O4S. The monoisotopic (exact) mass is 436 g/mol. The summed E-state index contributed by atoms with van der Waals surface area (Å²) in [5.41, 5.74) is 3.94. The van der Waals surface area contributed by atoms with E-state index in [2.05, 4.69) is 10.0 Å². The number of carbonyl (C=O) groups is 1. The number of hydrogen-bond donors (Lipinski definition) is 2. The van der Waals surface area contributed by atoms with E-state index in [1.54, 1.807) is 37.5 Å². The zero-order valence-electron chi connectivity index (χ0n) is 17.5. The summed E-state index contributed by atoms with van der Waals surface area (Å²) in [6.07, 6.45) is 3.09. The predicted molar refractivity (Wildman–Crippen MR) is 124 cm³/mol. The van der Waals surface area contributed by atoms with Crippen LogP contribution in [-0.2, 0) is 14.8 Å². The molecular weight excluding hydrogens is 412 g/mol. The zero-order valence-corrected chi connectivity index (χ0v) is 18.4. The maximum atomic E-state index is 12.6. The van der Waals surface area contributed by atoms with Gasteiger partial charge in [0.05, 0.1) is 12.0 Å². The van der Waals surface area contributed by atoms with Crippen molar-refractivity contribution in [3.63, 3.8) is 0 Å². The molecule has 3 aromatic rings. The summed E-state index contributed by atoms with van der Waals surface area (Å²) in [7, 11) is -2.14. The minimum atomic E-state index is -3.73. The van der Waals surface area contributed by atoms with Crippen LogP contribution in [0.3, 0.4) is 0 Å². The SMILES string of the molecule is COc1ccc(C=CC(=O)Nc2ccc(S(=O)(=O)Nc3ccc(C)c(C)c3)cc2)cc1. The molecule has 7 heteroatoms. The molecule has 0 aliphatic carbocycles. The summed E-state index contributed by atoms with van der Waals surface area (Å²) in [5, 5.41) is 2.71. The maximum absolute atomic E-state index is 12.6. The highest BCUT2D eigenvalue weighted by atomic mass is 32.2. The number of rotatable bonds is 7. The minimum Gasteiger partial charge on any atom is -0.497 e. The van der Waals surface area contributed by atoms with Crippen LogP contribution in [0.4, 0.5) is 11.4 Å². The molecule has 31 heavy (non-hydrogen) atoms. The Kier molecular flexibility index (Phi) is 6.77. The molecule has 0 aliphatic rings. The molecule has 0 atom stereocenters. The molecule has 0 heterocycles. The number of ether oxygens (including phenoxy) is 1. The molecule has 0 saturated carbocycles. The Hall–Kier alpha value is -3.58. The molecule has 0 bridgehead atoms. The predicted octanol–water partition coefficient (Wildman–Crippen LogP) is 4.76. The number of sulfonamides is 1. The molecule has 2 N–H and O–H groups in total. The summed E-state index contributed by atoms with van der Waals surface area (Å²) in [6, 6.07) is 18.7. The molecule has 3 aromatic carbocycles. The molecule has 0 aromatic heterocycles. The molecule has 6 nitrogen and oxygen atoms in total. The van der Waals surface area contributed by atoms with E-state index in [0.29, 0.717) is 11.4 Å². The van der Waals surface area contributed by atoms with Gasteiger partial charge in [-0.15, -0.1) is 0 Å². The van der Waals surface area contributed by atoms with Crippen molar-refractivity contribution in [2.75, 3.05) is 17.1 Å². The second-order valence-corrected chi connectivity index (χ2v) is 8.71. The number of methoxy groups -OCH3 is 1. The standard InChI is InChI=1S/C24H24N2O4S/c1-17-4-8-21(16-18(17)2)26-31(28,29)23-13-9-20(10-14-23)25-24(27)15-7-19-5-11-22(30-3)12-6-19/h4-16,26H,1-3H3,(H,25,27). The maximum Gasteiger partial charge on any atom is 0.261 e. The van der Waals surface area contributed by atoms with Crippen LogP contribution in [0.25, 0.3) is 6.08 Å². The van der Waals surface area contributed by atoms with Crippen molar-refractivity contribution in [3.8, 4) is 5.75 Å². The summed E-state index contributed by atoms with van der Waals surface area (Å²) < 4.78 is 32.9. The van der Waals surface area contributed by atoms with E-state index < -0.39 is 10.0 Å². The van der Waals surface area contributed by atoms with Gasteiger partial charge in [-0.2, -0.15) is 0 Å². The average Bonchev–Trinajstić information content (AvgIpc) is 2.75. The van der Waals surface area contributed by atoms with E-state index in [-0.39, 0.29) is 10.8 Å². The second kappa shape index (κ2) is 9.49. The lowest BCUT2D eigenvalue weighted by atomic mass is 10.1. The third-order valence-electron chi connectivity index (χ3n) is 4.73. The number of anilines is 2. The number of benzene rings is 3. The average molecular weight is 437 g/mol. The van der Waals surface area contributed by atoms with Gasteiger partial charge in [-0.1, -0.05) is 18.2 Å². The minimum absolute atomic E-state index is 0.109. The van der Waals surface area contributed by atoms with Crippen LogP contribution >= 0.6 is 0 Å². The van der Waals surface area contributed by atoms with Crippen molar-refractivity contribution >= 4 is 33.4 Å². The second-order valence-electron chi connectivity index (χ2n) is 7.02. The van der Waals surface area contributed by atoms with Gasteiger partial charge in [-0.3, -0.25) is 9.52 Å². The highest BCUT2D eigenvalue weighted by Gasteiger charge is 2.14. The van der Waals surface area contributed by atoms with Gasteiger partial charge in [-0.25, -0.2) is 8.42 Å². The Morgan fingerprint density at radius 1 is 0.871 bits per heavy atom. The highest BCUT2D eigenvalue weighted by Crippen LogP contribution is 2.20. The quantitative estimate of drug-likeness (QED) is 0.523. The summed E-state index contributed by atoms with van der Waals surface area (Å²) in [5.74, 6) is 0.420. The molecule has 0 radical (unpaired) electrons. The van der Waals surface area contributed by atoms with Crippen molar-refractivity contribution < 1.29 is 17.9 Å². The Labute approximate surface area is 182 Å². The topological polar surface area (TPSA) is 84.5 Å². The number of amides is 1. The number of hydrogen-bond acceptors (Lipinski definition) is 4. The fourth-order valence-electron chi connectivity index (χ4n) is 2.81. The Morgan fingerprint density at radius 2 is 1.52 bits per heavy atom. The molecule has 0 unspecified atom stereocenters. The van der Waals surface area contributed by atoms with Gasteiger partial charge in [0.2, 0.25) is 5.91 Å². The molecule has 0 saturated heterocycles. The first-order valence-corrected chi connectivity index (χ1v) is 11.1. The van der Waals surface area contributed by atoms with Crippen LogP contribution in [0.15, 0.2) is 77.7 Å². The molecule has 0 fully saturated rings. The van der Waals surface area contributed by atoms with Gasteiger partial charge in [0.15, 0.2) is 0 Å². The lowest BCUT2D eigenvalue weighted by molar-refractivity contribution is -0.111. The van der Waals surface area contributed by atoms with Crippen molar-refractivity contribution in [3.05, 3.63) is 89.5 Å². The normalized spacial score (nSPS) is 11.3. The summed E-state index contributed by atoms with van der Waals surface area (Å²) in [4.78, 5) is 12.2. The fourth-order valence-corrected chi connectivity index (χ4v) is 3.86. The van der Waals surface area contributed by atoms with Crippen LogP contribution in [-0.4, -0.2) is 21.4 Å². The van der Waals surface area contributed by atoms with Crippen LogP contribution in [0.5, 0.6) is 5.75 Å². The Bertz CT molecular complexity index is 1200. The van der Waals surface area contributed by atoms with Crippen molar-refractivity contribution in [1.82, 2.24) is 0 Å². The van der Waals surface area contributed by atoms with Crippen molar-refractivity contribution in [2.24, 2.45) is 0 Å². The number of carbonyl (C=O) groups excluding carboxylic acids is 1. The third-order valence-corrected chi connectivity index (χ3v) is 6.13. The van der Waals surface area contributed by atoms with Gasteiger partial charge in [0, 0.05) is 17.5 Å². The summed E-state index contributed by atoms with van der Waals surface area (Å²) in [6.45, 7) is 3.89. The third kappa shape index (κ3) is 5.96. The van der Waals surface area contributed by atoms with Crippen LogP contribution in [0.2, 0.25) is 0 Å². The Balaban J connectivity index is 1.63. The van der Waals surface area contributed by atoms with Crippen LogP contribution in [0.1, 0.15) is 16.7 Å². The van der Waals surface area contributed by atoms with Gasteiger partial charge < -0.3 is 10.1 Å². The smallest absolute Gasteiger partial charge is 0.261 e. The number of aryl methyl sites for hydroxylation is 2. The lowest BCUT2D eigenvalue weighted by Crippen LogP contribution is -2.13. The van der Waals surface area contributed by atoms with E-state index in [1.165, 1.54) is 18.2 Å². The van der Waals surface area contributed by atoms with E-state index in [9.17, 15) is 13.2 Å². The Morgan fingerprint density at radius 3 is 2.13 bits per heavy atom. The highest BCUT2D eigenvalue weighted by molar-refractivity contribution is 7.92.